The normalized spacial score (nSPS) is 20.5. The second kappa shape index (κ2) is 12.0. The van der Waals surface area contributed by atoms with Crippen LogP contribution in [0, 0.1) is 5.82 Å². The summed E-state index contributed by atoms with van der Waals surface area (Å²) in [6, 6.07) is 14.4. The molecule has 1 aliphatic heterocycles. The topological polar surface area (TPSA) is 131 Å². The summed E-state index contributed by atoms with van der Waals surface area (Å²) in [6.45, 7) is 0.905. The van der Waals surface area contributed by atoms with Gasteiger partial charge in [0.25, 0.3) is 0 Å². The zero-order valence-electron chi connectivity index (χ0n) is 19.6. The van der Waals surface area contributed by atoms with Gasteiger partial charge in [-0.3, -0.25) is 4.79 Å². The lowest BCUT2D eigenvalue weighted by Crippen LogP contribution is -2.60. The number of halogens is 1. The highest BCUT2D eigenvalue weighted by Crippen LogP contribution is 2.47. The van der Waals surface area contributed by atoms with Crippen molar-refractivity contribution in [3.8, 4) is 0 Å². The van der Waals surface area contributed by atoms with Crippen molar-refractivity contribution in [3.05, 3.63) is 77.6 Å². The monoisotopic (exact) mass is 538 g/mol. The number of ketones is 1. The molecule has 1 aliphatic rings. The average Bonchev–Trinajstić information content (AvgIpc) is 3.23. The molecule has 3 unspecified atom stereocenters. The number of methoxy groups -OCH3 is 1. The van der Waals surface area contributed by atoms with Crippen LogP contribution >= 0.6 is 11.8 Å². The quantitative estimate of drug-likeness (QED) is 0.350. The fourth-order valence-electron chi connectivity index (χ4n) is 3.83. The predicted molar refractivity (Wildman–Crippen MR) is 134 cm³/mol. The van der Waals surface area contributed by atoms with Crippen molar-refractivity contribution in [3.63, 3.8) is 0 Å². The van der Waals surface area contributed by atoms with Crippen LogP contribution in [0.3, 0.4) is 0 Å². The minimum Gasteiger partial charge on any atom is -0.465 e. The van der Waals surface area contributed by atoms with Crippen LogP contribution < -0.4 is 10.0 Å². The Morgan fingerprint density at radius 3 is 2.42 bits per heavy atom. The number of hydrogen-bond acceptors (Lipinski definition) is 7. The van der Waals surface area contributed by atoms with E-state index in [1.807, 2.05) is 0 Å². The summed E-state index contributed by atoms with van der Waals surface area (Å²) in [7, 11) is -3.00. The molecule has 0 aliphatic carbocycles. The first-order valence-corrected chi connectivity index (χ1v) is 13.3. The number of sulfonamides is 1. The second-order valence-electron chi connectivity index (χ2n) is 7.97. The molecule has 1 amide bonds. The van der Waals surface area contributed by atoms with Crippen molar-refractivity contribution in [2.24, 2.45) is 0 Å². The molecule has 0 bridgehead atoms. The van der Waals surface area contributed by atoms with Crippen LogP contribution in [-0.4, -0.2) is 56.0 Å². The van der Waals surface area contributed by atoms with Gasteiger partial charge in [-0.25, -0.2) is 22.3 Å². The largest absolute Gasteiger partial charge is 0.465 e. The lowest BCUT2D eigenvalue weighted by atomic mass is 10.0. The van der Waals surface area contributed by atoms with Crippen molar-refractivity contribution < 1.29 is 37.0 Å². The van der Waals surface area contributed by atoms with Crippen molar-refractivity contribution >= 4 is 38.6 Å². The van der Waals surface area contributed by atoms with E-state index in [0.29, 0.717) is 16.0 Å². The average molecular weight is 539 g/mol. The summed E-state index contributed by atoms with van der Waals surface area (Å²) < 4.78 is 51.4. The third-order valence-corrected chi connectivity index (χ3v) is 9.21. The van der Waals surface area contributed by atoms with Crippen LogP contribution in [0.25, 0.3) is 4.91 Å². The molecule has 3 N–H and O–H groups in total. The molecule has 0 fully saturated rings. The van der Waals surface area contributed by atoms with Gasteiger partial charge in [-0.05, 0) is 42.7 Å². The third kappa shape index (κ3) is 6.13. The summed E-state index contributed by atoms with van der Waals surface area (Å²) >= 11 is 0.956. The van der Waals surface area contributed by atoms with Crippen LogP contribution in [0.15, 0.2) is 60.7 Å². The standard InChI is InChI=1S/C24H27FN2O7S2/c1-16(28)24(14-21(18-6-4-3-5-7-18)35-22(24)27-23(29)30)36(31,32)26-13-12-20(34-15-33-2)17-8-10-19(25)11-9-17/h3-11,14,20,22,26-27H,12-13,15H2,1-2H3,(H,29,30). The zero-order valence-corrected chi connectivity index (χ0v) is 21.3. The minimum atomic E-state index is -4.43. The Morgan fingerprint density at radius 1 is 1.17 bits per heavy atom. The number of carbonyl (C=O) groups excluding carboxylic acids is 1. The smallest absolute Gasteiger partial charge is 0.405 e. The van der Waals surface area contributed by atoms with Crippen LogP contribution in [0.1, 0.15) is 30.6 Å². The molecule has 0 radical (unpaired) electrons. The first kappa shape index (κ1) is 27.8. The lowest BCUT2D eigenvalue weighted by Gasteiger charge is -2.31. The van der Waals surface area contributed by atoms with E-state index in [2.05, 4.69) is 10.0 Å². The minimum absolute atomic E-state index is 0.0728. The molecule has 2 aromatic carbocycles. The fraction of sp³-hybridized carbons (Fsp3) is 0.333. The predicted octanol–water partition coefficient (Wildman–Crippen LogP) is 3.51. The van der Waals surface area contributed by atoms with E-state index in [1.165, 1.54) is 37.5 Å². The van der Waals surface area contributed by atoms with Crippen molar-refractivity contribution in [2.75, 3.05) is 20.4 Å². The Morgan fingerprint density at radius 2 is 1.83 bits per heavy atom. The van der Waals surface area contributed by atoms with Crippen molar-refractivity contribution in [1.29, 1.82) is 0 Å². The van der Waals surface area contributed by atoms with Crippen molar-refractivity contribution in [1.82, 2.24) is 10.0 Å². The summed E-state index contributed by atoms with van der Waals surface area (Å²) in [5, 5.41) is 10.2. The number of hydrogen-bond donors (Lipinski definition) is 3. The molecule has 0 saturated carbocycles. The zero-order chi connectivity index (χ0) is 26.3. The van der Waals surface area contributed by atoms with Gasteiger partial charge in [0.05, 0.1) is 6.10 Å². The number of amides is 1. The maximum Gasteiger partial charge on any atom is 0.405 e. The fourth-order valence-corrected chi connectivity index (χ4v) is 7.40. The second-order valence-corrected chi connectivity index (χ2v) is 11.1. The van der Waals surface area contributed by atoms with Gasteiger partial charge in [-0.1, -0.05) is 54.2 Å². The molecule has 0 aromatic heterocycles. The van der Waals surface area contributed by atoms with E-state index in [4.69, 9.17) is 9.47 Å². The number of carboxylic acid groups (broad SMARTS) is 1. The van der Waals surface area contributed by atoms with E-state index in [-0.39, 0.29) is 19.8 Å². The molecule has 194 valence electrons. The Hall–Kier alpha value is -2.77. The van der Waals surface area contributed by atoms with Crippen molar-refractivity contribution in [2.45, 2.75) is 29.6 Å². The Bertz CT molecular complexity index is 1210. The van der Waals surface area contributed by atoms with E-state index in [1.54, 1.807) is 30.3 Å². The van der Waals surface area contributed by atoms with Gasteiger partial charge >= 0.3 is 6.09 Å². The van der Waals surface area contributed by atoms with E-state index in [9.17, 15) is 27.5 Å². The molecular formula is C24H27FN2O7S2. The summed E-state index contributed by atoms with van der Waals surface area (Å²) in [5.74, 6) is -1.16. The SMILES string of the molecule is COCOC(CCNS(=O)(=O)C1(C(C)=O)C=C(c2ccccc2)SC1NC(=O)O)c1ccc(F)cc1. The van der Waals surface area contributed by atoms with Gasteiger partial charge in [0.1, 0.15) is 18.0 Å². The van der Waals surface area contributed by atoms with Crippen LogP contribution in [0.4, 0.5) is 9.18 Å². The maximum atomic E-state index is 13.6. The molecule has 36 heavy (non-hydrogen) atoms. The molecule has 1 heterocycles. The van der Waals surface area contributed by atoms with Crippen LogP contribution in [0.5, 0.6) is 0 Å². The number of benzene rings is 2. The van der Waals surface area contributed by atoms with Gasteiger partial charge in [0, 0.05) is 18.6 Å². The molecular weight excluding hydrogens is 511 g/mol. The lowest BCUT2D eigenvalue weighted by molar-refractivity contribution is -0.118. The van der Waals surface area contributed by atoms with Crippen LogP contribution in [0.2, 0.25) is 0 Å². The Kier molecular flexibility index (Phi) is 9.25. The summed E-state index contributed by atoms with van der Waals surface area (Å²) in [4.78, 5) is 24.8. The molecule has 9 nitrogen and oxygen atoms in total. The van der Waals surface area contributed by atoms with Gasteiger partial charge in [-0.2, -0.15) is 0 Å². The summed E-state index contributed by atoms with van der Waals surface area (Å²) in [6.07, 6.45) is -0.637. The highest BCUT2D eigenvalue weighted by atomic mass is 32.2. The van der Waals surface area contributed by atoms with E-state index >= 15 is 0 Å². The number of thioether (sulfide) groups is 1. The first-order valence-electron chi connectivity index (χ1n) is 10.9. The molecule has 0 saturated heterocycles. The van der Waals surface area contributed by atoms with Gasteiger partial charge in [0.2, 0.25) is 10.0 Å². The third-order valence-electron chi connectivity index (χ3n) is 5.62. The molecule has 12 heteroatoms. The highest BCUT2D eigenvalue weighted by Gasteiger charge is 2.57. The molecule has 3 rings (SSSR count). The number of nitrogens with one attached hydrogen (secondary N) is 2. The number of Topliss-reactive ketones (excluding diaryl/α,β-unsaturated/α-hetero) is 1. The highest BCUT2D eigenvalue weighted by molar-refractivity contribution is 8.10. The van der Waals surface area contributed by atoms with Crippen LogP contribution in [-0.2, 0) is 24.3 Å². The maximum absolute atomic E-state index is 13.6. The molecule has 3 atom stereocenters. The van der Waals surface area contributed by atoms with E-state index < -0.39 is 43.9 Å². The molecule has 0 spiro atoms. The number of ether oxygens (including phenoxy) is 2. The number of carbonyl (C=O) groups is 2. The molecule has 2 aromatic rings. The Labute approximate surface area is 213 Å². The number of rotatable bonds is 12. The van der Waals surface area contributed by atoms with Gasteiger partial charge in [0.15, 0.2) is 10.5 Å². The van der Waals surface area contributed by atoms with Gasteiger partial charge < -0.3 is 19.9 Å². The summed E-state index contributed by atoms with van der Waals surface area (Å²) in [5.41, 5.74) is 1.27. The van der Waals surface area contributed by atoms with E-state index in [0.717, 1.165) is 18.7 Å². The van der Waals surface area contributed by atoms with Gasteiger partial charge in [-0.15, -0.1) is 0 Å². The Balaban J connectivity index is 1.88. The first-order chi connectivity index (χ1) is 17.1.